The number of aryl methyl sites for hydroxylation is 2. The highest BCUT2D eigenvalue weighted by Gasteiger charge is 2.22. The van der Waals surface area contributed by atoms with Crippen molar-refractivity contribution in [3.63, 3.8) is 0 Å². The van der Waals surface area contributed by atoms with Crippen molar-refractivity contribution in [2.24, 2.45) is 0 Å². The third kappa shape index (κ3) is 7.09. The number of carboxylic acids is 1. The van der Waals surface area contributed by atoms with Gasteiger partial charge in [-0.25, -0.2) is 0 Å². The molecule has 0 saturated carbocycles. The van der Waals surface area contributed by atoms with E-state index in [0.717, 1.165) is 27.9 Å². The van der Waals surface area contributed by atoms with Crippen LogP contribution in [0.1, 0.15) is 45.0 Å². The Morgan fingerprint density at radius 2 is 1.84 bits per heavy atom. The van der Waals surface area contributed by atoms with E-state index in [4.69, 9.17) is 14.2 Å². The minimum absolute atomic E-state index is 0.143. The van der Waals surface area contributed by atoms with Gasteiger partial charge in [0.2, 0.25) is 0 Å². The third-order valence-electron chi connectivity index (χ3n) is 7.44. The molecule has 0 bridgehead atoms. The Morgan fingerprint density at radius 1 is 1.05 bits per heavy atom. The fraction of sp³-hybridized carbons (Fsp3) is 0.265. The van der Waals surface area contributed by atoms with Gasteiger partial charge in [0.1, 0.15) is 37.7 Å². The summed E-state index contributed by atoms with van der Waals surface area (Å²) in [5.41, 5.74) is 6.76. The average molecular weight is 595 g/mol. The predicted molar refractivity (Wildman–Crippen MR) is 164 cm³/mol. The molecule has 1 aliphatic rings. The molecular weight excluding hydrogens is 560 g/mol. The van der Waals surface area contributed by atoms with Gasteiger partial charge in [-0.05, 0) is 60.4 Å². The monoisotopic (exact) mass is 594 g/mol. The summed E-state index contributed by atoms with van der Waals surface area (Å²) in [6.45, 7) is 4.77. The number of hydrogen-bond acceptors (Lipinski definition) is 9. The Hall–Kier alpha value is -5.11. The molecule has 0 amide bonds. The van der Waals surface area contributed by atoms with Crippen molar-refractivity contribution in [3.05, 3.63) is 112 Å². The van der Waals surface area contributed by atoms with Crippen LogP contribution >= 0.6 is 0 Å². The van der Waals surface area contributed by atoms with Gasteiger partial charge in [-0.15, -0.1) is 0 Å². The number of nitrogens with one attached hydrogen (secondary N) is 2. The number of aromatic nitrogens is 1. The van der Waals surface area contributed by atoms with Crippen LogP contribution in [0.2, 0.25) is 0 Å². The number of aliphatic hydroxyl groups excluding tert-OH is 1. The number of fused-ring (bicyclic) bond motifs is 1. The van der Waals surface area contributed by atoms with Gasteiger partial charge in [0, 0.05) is 41.8 Å². The summed E-state index contributed by atoms with van der Waals surface area (Å²) in [5.74, 6) is 0.775. The molecule has 0 radical (unpaired) electrons. The van der Waals surface area contributed by atoms with Crippen molar-refractivity contribution in [1.29, 1.82) is 5.26 Å². The first-order valence-electron chi connectivity index (χ1n) is 14.2. The summed E-state index contributed by atoms with van der Waals surface area (Å²) in [4.78, 5) is 15.6. The number of hydrogen-bond donors (Lipinski definition) is 4. The molecule has 3 aromatic carbocycles. The molecule has 10 heteroatoms. The van der Waals surface area contributed by atoms with Crippen molar-refractivity contribution < 1.29 is 29.2 Å². The van der Waals surface area contributed by atoms with Gasteiger partial charge in [-0.1, -0.05) is 30.3 Å². The zero-order valence-electron chi connectivity index (χ0n) is 24.5. The van der Waals surface area contributed by atoms with E-state index in [0.29, 0.717) is 47.2 Å². The van der Waals surface area contributed by atoms with E-state index in [1.165, 1.54) is 6.20 Å². The van der Waals surface area contributed by atoms with Crippen molar-refractivity contribution in [1.82, 2.24) is 10.3 Å². The normalized spacial score (nSPS) is 13.4. The highest BCUT2D eigenvalue weighted by molar-refractivity contribution is 5.73. The number of ether oxygens (including phenoxy) is 3. The van der Waals surface area contributed by atoms with E-state index in [-0.39, 0.29) is 19.2 Å². The Balaban J connectivity index is 1.51. The van der Waals surface area contributed by atoms with Crippen LogP contribution in [0.15, 0.2) is 73.1 Å². The van der Waals surface area contributed by atoms with Crippen LogP contribution in [-0.4, -0.2) is 47.0 Å². The number of benzene rings is 3. The smallest absolute Gasteiger partial charge is 0.323 e. The zero-order chi connectivity index (χ0) is 31.1. The zero-order valence-corrected chi connectivity index (χ0v) is 24.5. The van der Waals surface area contributed by atoms with Crippen LogP contribution in [0.5, 0.6) is 17.2 Å². The summed E-state index contributed by atoms with van der Waals surface area (Å²) in [6.07, 6.45) is 3.12. The molecule has 4 aromatic rings. The van der Waals surface area contributed by atoms with Gasteiger partial charge in [0.05, 0.1) is 18.2 Å². The number of nitrogens with zero attached hydrogens (tertiary/aromatic N) is 2. The molecule has 0 aliphatic carbocycles. The molecule has 0 spiro atoms. The second-order valence-corrected chi connectivity index (χ2v) is 10.5. The van der Waals surface area contributed by atoms with Gasteiger partial charge < -0.3 is 29.7 Å². The van der Waals surface area contributed by atoms with E-state index in [9.17, 15) is 20.3 Å². The fourth-order valence-electron chi connectivity index (χ4n) is 5.07. The van der Waals surface area contributed by atoms with Crippen LogP contribution in [0.25, 0.3) is 0 Å². The molecule has 4 N–H and O–H groups in total. The topological polar surface area (TPSA) is 146 Å². The lowest BCUT2D eigenvalue weighted by Crippen LogP contribution is -2.39. The molecule has 2 heterocycles. The van der Waals surface area contributed by atoms with Crippen molar-refractivity contribution in [2.75, 3.05) is 25.1 Å². The summed E-state index contributed by atoms with van der Waals surface area (Å²) in [6, 6.07) is 20.4. The Bertz CT molecular complexity index is 1690. The van der Waals surface area contributed by atoms with E-state index < -0.39 is 18.6 Å². The average Bonchev–Trinajstić information content (AvgIpc) is 3.04. The summed E-state index contributed by atoms with van der Waals surface area (Å²) in [5, 5.41) is 34.8. The van der Waals surface area contributed by atoms with Crippen LogP contribution in [0, 0.1) is 25.2 Å². The lowest BCUT2D eigenvalue weighted by Gasteiger charge is -2.27. The number of pyridine rings is 1. The van der Waals surface area contributed by atoms with Crippen molar-refractivity contribution in [3.8, 4) is 23.3 Å². The molecule has 44 heavy (non-hydrogen) atoms. The van der Waals surface area contributed by atoms with Gasteiger partial charge in [0.25, 0.3) is 0 Å². The maximum atomic E-state index is 11.5. The number of nitriles is 1. The van der Waals surface area contributed by atoms with E-state index in [2.05, 4.69) is 40.7 Å². The molecular formula is C34H34N4O6. The highest BCUT2D eigenvalue weighted by Crippen LogP contribution is 2.38. The molecule has 226 valence electrons. The van der Waals surface area contributed by atoms with Crippen LogP contribution in [0.4, 0.5) is 5.69 Å². The van der Waals surface area contributed by atoms with Gasteiger partial charge in [0.15, 0.2) is 11.5 Å². The molecule has 5 rings (SSSR count). The minimum Gasteiger partial charge on any atom is -0.488 e. The van der Waals surface area contributed by atoms with E-state index >= 15 is 0 Å². The number of carboxylic acid groups (broad SMARTS) is 1. The summed E-state index contributed by atoms with van der Waals surface area (Å²) < 4.78 is 17.9. The molecule has 10 nitrogen and oxygen atoms in total. The molecule has 0 fully saturated rings. The van der Waals surface area contributed by atoms with Gasteiger partial charge in [-0.3, -0.25) is 15.1 Å². The number of carbonyl (C=O) groups is 1. The van der Waals surface area contributed by atoms with Crippen LogP contribution < -0.4 is 24.8 Å². The lowest BCUT2D eigenvalue weighted by molar-refractivity contribution is -0.140. The minimum atomic E-state index is -1.15. The van der Waals surface area contributed by atoms with Crippen molar-refractivity contribution in [2.45, 2.75) is 39.1 Å². The number of aliphatic hydroxyl groups is 1. The SMILES string of the molecule is Cc1cc(CN[C@H](CO)C(=O)O)c(OCc2cncc(C#N)c2)cc1NC(c1ccc2c(c1)OCCO2)c1ccccc1C. The van der Waals surface area contributed by atoms with E-state index in [1.807, 2.05) is 49.4 Å². The molecule has 1 unspecified atom stereocenters. The second-order valence-electron chi connectivity index (χ2n) is 10.5. The Labute approximate surface area is 255 Å². The maximum absolute atomic E-state index is 11.5. The second kappa shape index (κ2) is 13.9. The van der Waals surface area contributed by atoms with Crippen LogP contribution in [0.3, 0.4) is 0 Å². The number of anilines is 1. The van der Waals surface area contributed by atoms with Crippen molar-refractivity contribution >= 4 is 11.7 Å². The number of aliphatic carboxylic acids is 1. The van der Waals surface area contributed by atoms with E-state index in [1.54, 1.807) is 12.3 Å². The molecule has 1 aliphatic heterocycles. The molecule has 0 saturated heterocycles. The third-order valence-corrected chi connectivity index (χ3v) is 7.44. The van der Waals surface area contributed by atoms with Gasteiger partial charge in [-0.2, -0.15) is 5.26 Å². The standard InChI is InChI=1S/C34H34N4O6/c1-21-5-3-4-6-27(21)33(25-7-8-30-32(13-25)43-10-9-42-30)38-28-14-31(44-20-24-12-23(15-35)16-36-17-24)26(11-22(28)2)18-37-29(19-39)34(40)41/h3-8,11-14,16-17,29,33,37-39H,9-10,18-20H2,1-2H3,(H,40,41)/t29-,33?/m1/s1. The summed E-state index contributed by atoms with van der Waals surface area (Å²) >= 11 is 0. The Morgan fingerprint density at radius 3 is 2.59 bits per heavy atom. The largest absolute Gasteiger partial charge is 0.488 e. The highest BCUT2D eigenvalue weighted by atomic mass is 16.6. The first kappa shape index (κ1) is 30.4. The fourth-order valence-corrected chi connectivity index (χ4v) is 5.07. The predicted octanol–water partition coefficient (Wildman–Crippen LogP) is 4.66. The van der Waals surface area contributed by atoms with Gasteiger partial charge >= 0.3 is 5.97 Å². The quantitative estimate of drug-likeness (QED) is 0.183. The maximum Gasteiger partial charge on any atom is 0.323 e. The Kier molecular flexibility index (Phi) is 9.59. The number of rotatable bonds is 12. The molecule has 2 atom stereocenters. The molecule has 1 aromatic heterocycles. The first-order valence-corrected chi connectivity index (χ1v) is 14.2. The van der Waals surface area contributed by atoms with Crippen LogP contribution in [-0.2, 0) is 17.9 Å². The summed E-state index contributed by atoms with van der Waals surface area (Å²) in [7, 11) is 0. The lowest BCUT2D eigenvalue weighted by atomic mass is 9.93. The first-order chi connectivity index (χ1) is 21.4.